The summed E-state index contributed by atoms with van der Waals surface area (Å²) in [6, 6.07) is 1.34. The van der Waals surface area contributed by atoms with E-state index in [9.17, 15) is 13.6 Å². The highest BCUT2D eigenvalue weighted by atomic mass is 19.2. The van der Waals surface area contributed by atoms with Gasteiger partial charge in [0.25, 0.3) is 0 Å². The normalized spacial score (nSPS) is 20.7. The number of benzene rings is 1. The second kappa shape index (κ2) is 8.45. The van der Waals surface area contributed by atoms with Crippen LogP contribution in [0.5, 0.6) is 5.75 Å². The van der Waals surface area contributed by atoms with Gasteiger partial charge >= 0.3 is 5.97 Å². The molecule has 0 N–H and O–H groups in total. The van der Waals surface area contributed by atoms with E-state index in [4.69, 9.17) is 9.47 Å². The molecule has 134 valence electrons. The number of ether oxygens (including phenoxy) is 2. The van der Waals surface area contributed by atoms with Gasteiger partial charge < -0.3 is 9.47 Å². The molecule has 0 amide bonds. The molecule has 0 unspecified atom stereocenters. The Kier molecular flexibility index (Phi) is 6.58. The van der Waals surface area contributed by atoms with E-state index in [1.807, 2.05) is 0 Å². The average molecular weight is 340 g/mol. The molecule has 1 aromatic carbocycles. The maximum absolute atomic E-state index is 14.3. The SMILES string of the molecule is CCCC1CCC(OC(=O)c2c(C)cc(OCC)c(F)c2F)CC1. The minimum absolute atomic E-state index is 0.177. The van der Waals surface area contributed by atoms with Gasteiger partial charge in [-0.1, -0.05) is 19.8 Å². The van der Waals surface area contributed by atoms with Crippen LogP contribution in [-0.4, -0.2) is 18.7 Å². The minimum Gasteiger partial charge on any atom is -0.491 e. The fourth-order valence-corrected chi connectivity index (χ4v) is 3.39. The Bertz CT molecular complexity index is 578. The van der Waals surface area contributed by atoms with Gasteiger partial charge in [-0.25, -0.2) is 9.18 Å². The number of rotatable bonds is 6. The molecule has 0 atom stereocenters. The number of halogens is 2. The van der Waals surface area contributed by atoms with Crippen molar-refractivity contribution in [1.29, 1.82) is 0 Å². The fraction of sp³-hybridized carbons (Fsp3) is 0.632. The van der Waals surface area contributed by atoms with Crippen LogP contribution >= 0.6 is 0 Å². The molecule has 1 fully saturated rings. The van der Waals surface area contributed by atoms with Crippen molar-refractivity contribution in [1.82, 2.24) is 0 Å². The van der Waals surface area contributed by atoms with Crippen LogP contribution in [0.25, 0.3) is 0 Å². The third-order valence-corrected chi connectivity index (χ3v) is 4.64. The van der Waals surface area contributed by atoms with Gasteiger partial charge in [-0.15, -0.1) is 0 Å². The Balaban J connectivity index is 2.06. The summed E-state index contributed by atoms with van der Waals surface area (Å²) in [6.45, 7) is 5.63. The molecule has 2 rings (SSSR count). The molecule has 1 aromatic rings. The smallest absolute Gasteiger partial charge is 0.341 e. The summed E-state index contributed by atoms with van der Waals surface area (Å²) in [5.41, 5.74) is -0.00588. The predicted molar refractivity (Wildman–Crippen MR) is 88.3 cm³/mol. The first-order valence-electron chi connectivity index (χ1n) is 8.80. The largest absolute Gasteiger partial charge is 0.491 e. The van der Waals surface area contributed by atoms with Crippen LogP contribution < -0.4 is 4.74 Å². The van der Waals surface area contributed by atoms with E-state index in [1.54, 1.807) is 13.8 Å². The van der Waals surface area contributed by atoms with Crippen LogP contribution in [-0.2, 0) is 4.74 Å². The lowest BCUT2D eigenvalue weighted by atomic mass is 9.85. The van der Waals surface area contributed by atoms with E-state index < -0.39 is 17.6 Å². The second-order valence-electron chi connectivity index (χ2n) is 6.46. The zero-order valence-electron chi connectivity index (χ0n) is 14.7. The quantitative estimate of drug-likeness (QED) is 0.669. The van der Waals surface area contributed by atoms with Crippen molar-refractivity contribution in [3.05, 3.63) is 28.8 Å². The first-order valence-corrected chi connectivity index (χ1v) is 8.80. The maximum atomic E-state index is 14.3. The van der Waals surface area contributed by atoms with Gasteiger partial charge in [0.15, 0.2) is 11.6 Å². The van der Waals surface area contributed by atoms with Gasteiger partial charge in [0, 0.05) is 0 Å². The molecule has 1 saturated carbocycles. The molecule has 0 spiro atoms. The van der Waals surface area contributed by atoms with Gasteiger partial charge in [-0.05, 0) is 57.1 Å². The topological polar surface area (TPSA) is 35.5 Å². The highest BCUT2D eigenvalue weighted by Gasteiger charge is 2.28. The zero-order valence-corrected chi connectivity index (χ0v) is 14.7. The van der Waals surface area contributed by atoms with Crippen LogP contribution in [0, 0.1) is 24.5 Å². The summed E-state index contributed by atoms with van der Waals surface area (Å²) in [7, 11) is 0. The van der Waals surface area contributed by atoms with Crippen molar-refractivity contribution < 1.29 is 23.0 Å². The van der Waals surface area contributed by atoms with Crippen molar-refractivity contribution in [3.63, 3.8) is 0 Å². The third kappa shape index (κ3) is 4.25. The minimum atomic E-state index is -1.19. The molecule has 1 aliphatic carbocycles. The first kappa shape index (κ1) is 18.7. The number of carbonyl (C=O) groups excluding carboxylic acids is 1. The molecule has 24 heavy (non-hydrogen) atoms. The molecular weight excluding hydrogens is 314 g/mol. The second-order valence-corrected chi connectivity index (χ2v) is 6.46. The third-order valence-electron chi connectivity index (χ3n) is 4.64. The zero-order chi connectivity index (χ0) is 17.7. The van der Waals surface area contributed by atoms with E-state index in [-0.39, 0.29) is 24.0 Å². The molecule has 0 bridgehead atoms. The van der Waals surface area contributed by atoms with E-state index in [1.165, 1.54) is 12.5 Å². The van der Waals surface area contributed by atoms with Crippen molar-refractivity contribution in [2.75, 3.05) is 6.61 Å². The van der Waals surface area contributed by atoms with Gasteiger partial charge in [-0.2, -0.15) is 4.39 Å². The lowest BCUT2D eigenvalue weighted by molar-refractivity contribution is 0.0155. The van der Waals surface area contributed by atoms with Crippen molar-refractivity contribution >= 4 is 5.97 Å². The molecule has 0 radical (unpaired) electrons. The van der Waals surface area contributed by atoms with Crippen LogP contribution in [0.1, 0.15) is 68.3 Å². The van der Waals surface area contributed by atoms with Crippen molar-refractivity contribution in [2.24, 2.45) is 5.92 Å². The monoisotopic (exact) mass is 340 g/mol. The molecule has 1 aliphatic rings. The summed E-state index contributed by atoms with van der Waals surface area (Å²) in [5, 5.41) is 0. The lowest BCUT2D eigenvalue weighted by Gasteiger charge is -2.28. The van der Waals surface area contributed by atoms with Gasteiger partial charge in [0.2, 0.25) is 5.82 Å². The van der Waals surface area contributed by atoms with Crippen molar-refractivity contribution in [3.8, 4) is 5.75 Å². The molecule has 5 heteroatoms. The molecule has 0 heterocycles. The number of hydrogen-bond donors (Lipinski definition) is 0. The van der Waals surface area contributed by atoms with Crippen molar-refractivity contribution in [2.45, 2.75) is 65.4 Å². The van der Waals surface area contributed by atoms with Crippen LogP contribution in [0.2, 0.25) is 0 Å². The van der Waals surface area contributed by atoms with Crippen LogP contribution in [0.4, 0.5) is 8.78 Å². The summed E-state index contributed by atoms with van der Waals surface area (Å²) in [6.07, 6.45) is 5.76. The highest BCUT2D eigenvalue weighted by Crippen LogP contribution is 2.31. The molecule has 0 aromatic heterocycles. The Morgan fingerprint density at radius 3 is 2.42 bits per heavy atom. The standard InChI is InChI=1S/C19H26F2O3/c1-4-6-13-7-9-14(10-8-13)24-19(22)16-12(3)11-15(23-5-2)17(20)18(16)21/h11,13-14H,4-10H2,1-3H3. The van der Waals surface area contributed by atoms with E-state index in [2.05, 4.69) is 6.92 Å². The molecule has 3 nitrogen and oxygen atoms in total. The van der Waals surface area contributed by atoms with E-state index in [0.717, 1.165) is 32.1 Å². The van der Waals surface area contributed by atoms with Crippen LogP contribution in [0.15, 0.2) is 6.07 Å². The van der Waals surface area contributed by atoms with Crippen LogP contribution in [0.3, 0.4) is 0 Å². The predicted octanol–water partition coefficient (Wildman–Crippen LogP) is 5.19. The maximum Gasteiger partial charge on any atom is 0.341 e. The number of esters is 1. The summed E-state index contributed by atoms with van der Waals surface area (Å²) in [5.74, 6) is -2.61. The highest BCUT2D eigenvalue weighted by molar-refractivity contribution is 5.91. The van der Waals surface area contributed by atoms with Gasteiger partial charge in [0.1, 0.15) is 11.7 Å². The Morgan fingerprint density at radius 2 is 1.83 bits per heavy atom. The average Bonchev–Trinajstić information content (AvgIpc) is 2.55. The molecular formula is C19H26F2O3. The lowest BCUT2D eigenvalue weighted by Crippen LogP contribution is -2.25. The fourth-order valence-electron chi connectivity index (χ4n) is 3.39. The Hall–Kier alpha value is -1.65. The van der Waals surface area contributed by atoms with E-state index in [0.29, 0.717) is 11.5 Å². The summed E-state index contributed by atoms with van der Waals surface area (Å²) >= 11 is 0. The Morgan fingerprint density at radius 1 is 1.17 bits per heavy atom. The summed E-state index contributed by atoms with van der Waals surface area (Å²) < 4.78 is 38.7. The van der Waals surface area contributed by atoms with Gasteiger partial charge in [-0.3, -0.25) is 0 Å². The number of aryl methyl sites for hydroxylation is 1. The Labute approximate surface area is 142 Å². The number of carbonyl (C=O) groups is 1. The first-order chi connectivity index (χ1) is 11.5. The number of hydrogen-bond acceptors (Lipinski definition) is 3. The van der Waals surface area contributed by atoms with E-state index >= 15 is 0 Å². The molecule has 0 aliphatic heterocycles. The summed E-state index contributed by atoms with van der Waals surface area (Å²) in [4.78, 5) is 12.3. The van der Waals surface area contributed by atoms with Gasteiger partial charge in [0.05, 0.1) is 6.61 Å². The molecule has 0 saturated heterocycles.